The van der Waals surface area contributed by atoms with Crippen LogP contribution in [0.25, 0.3) is 11.3 Å². The largest absolute Gasteiger partial charge is 0.383 e. The number of halogens is 2. The van der Waals surface area contributed by atoms with Gasteiger partial charge in [-0.15, -0.1) is 0 Å². The third kappa shape index (κ3) is 5.63. The van der Waals surface area contributed by atoms with Gasteiger partial charge in [0.2, 0.25) is 0 Å². The number of rotatable bonds is 4. The van der Waals surface area contributed by atoms with Gasteiger partial charge in [0.1, 0.15) is 11.6 Å². The van der Waals surface area contributed by atoms with E-state index in [4.69, 9.17) is 0 Å². The van der Waals surface area contributed by atoms with E-state index in [2.05, 4.69) is 65.1 Å². The molecule has 0 saturated carbocycles. The minimum atomic E-state index is -3.48. The van der Waals surface area contributed by atoms with Crippen molar-refractivity contribution in [2.24, 2.45) is 7.05 Å². The second-order valence-electron chi connectivity index (χ2n) is 14.9. The number of pyridine rings is 1. The van der Waals surface area contributed by atoms with Gasteiger partial charge in [-0.2, -0.15) is 0 Å². The zero-order valence-electron chi connectivity index (χ0n) is 27.6. The molecule has 3 heterocycles. The van der Waals surface area contributed by atoms with E-state index in [0.29, 0.717) is 34.5 Å². The fourth-order valence-electron chi connectivity index (χ4n) is 6.80. The molecule has 9 heteroatoms. The highest BCUT2D eigenvalue weighted by atomic mass is 32.2. The van der Waals surface area contributed by atoms with Crippen LogP contribution in [0.15, 0.2) is 76.9 Å². The van der Waals surface area contributed by atoms with Gasteiger partial charge in [0.25, 0.3) is 5.56 Å². The van der Waals surface area contributed by atoms with Crippen LogP contribution in [-0.2, 0) is 27.7 Å². The molecular weight excluding hydrogens is 604 g/mol. The van der Waals surface area contributed by atoms with E-state index in [1.807, 2.05) is 17.2 Å². The van der Waals surface area contributed by atoms with E-state index in [-0.39, 0.29) is 33.7 Å². The van der Waals surface area contributed by atoms with Crippen LogP contribution in [0.2, 0.25) is 0 Å². The molecule has 6 nitrogen and oxygen atoms in total. The van der Waals surface area contributed by atoms with Gasteiger partial charge in [0.15, 0.2) is 9.84 Å². The quantitative estimate of drug-likeness (QED) is 0.348. The Labute approximate surface area is 270 Å². The van der Waals surface area contributed by atoms with E-state index in [9.17, 15) is 17.6 Å². The molecule has 0 fully saturated rings. The molecule has 3 aliphatic rings. The normalized spacial score (nSPS) is 19.7. The zero-order valence-corrected chi connectivity index (χ0v) is 28.4. The summed E-state index contributed by atoms with van der Waals surface area (Å²) in [6.07, 6.45) is 6.44. The molecule has 1 N–H and O–H groups in total. The van der Waals surface area contributed by atoms with E-state index in [1.165, 1.54) is 34.1 Å². The maximum absolute atomic E-state index is 15.6. The number of aryl methyl sites for hydroxylation is 1. The van der Waals surface area contributed by atoms with Gasteiger partial charge in [-0.1, -0.05) is 59.7 Å². The van der Waals surface area contributed by atoms with Crippen molar-refractivity contribution in [3.63, 3.8) is 0 Å². The summed E-state index contributed by atoms with van der Waals surface area (Å²) in [7, 11) is -1.82. The third-order valence-electron chi connectivity index (χ3n) is 9.25. The van der Waals surface area contributed by atoms with E-state index in [1.54, 1.807) is 19.3 Å². The van der Waals surface area contributed by atoms with Crippen LogP contribution in [0, 0.1) is 11.6 Å². The molecule has 2 aromatic carbocycles. The number of hydrogen-bond donors (Lipinski definition) is 1. The van der Waals surface area contributed by atoms with Gasteiger partial charge in [-0.3, -0.25) is 4.79 Å². The Kier molecular flexibility index (Phi) is 7.50. The fraction of sp³-hybridized carbons (Fsp3) is 0.378. The summed E-state index contributed by atoms with van der Waals surface area (Å²) >= 11 is 0. The van der Waals surface area contributed by atoms with E-state index >= 15 is 4.39 Å². The lowest BCUT2D eigenvalue weighted by Gasteiger charge is -2.40. The topological polar surface area (TPSA) is 71.4 Å². The minimum absolute atomic E-state index is 0.138. The minimum Gasteiger partial charge on any atom is -0.383 e. The zero-order chi connectivity index (χ0) is 33.5. The average molecular weight is 646 g/mol. The molecule has 46 heavy (non-hydrogen) atoms. The van der Waals surface area contributed by atoms with Crippen molar-refractivity contribution in [3.05, 3.63) is 122 Å². The Hall–Kier alpha value is -3.98. The number of nitrogens with zero attached hydrogens (tertiary/aromatic N) is 2. The standard InChI is InChI=1S/C37H41F2N3O3S/c1-36(2,3)24-14-21(15-25(16-24)37(4,5)6)28-18-40-33-31-22(19-42(34(28)31)30-10-9-26(38)17-29(30)39)13-23(20-46(8,44)45)27-11-12-41(7)35(43)32(27)33/h9-17,19,28,34,40H,18,20H2,1-8H3. The number of allylic oxidation sites excluding steroid dienone is 1. The molecule has 6 rings (SSSR count). The summed E-state index contributed by atoms with van der Waals surface area (Å²) in [5.41, 5.74) is 6.59. The molecule has 1 aliphatic carbocycles. The summed E-state index contributed by atoms with van der Waals surface area (Å²) in [5, 5.41) is 3.59. The first-order valence-electron chi connectivity index (χ1n) is 15.5. The van der Waals surface area contributed by atoms with Gasteiger partial charge < -0.3 is 14.8 Å². The Bertz CT molecular complexity index is 2010. The molecule has 0 radical (unpaired) electrons. The van der Waals surface area contributed by atoms with Crippen LogP contribution >= 0.6 is 0 Å². The lowest BCUT2D eigenvalue weighted by atomic mass is 9.75. The van der Waals surface area contributed by atoms with Crippen molar-refractivity contribution >= 4 is 26.8 Å². The first-order valence-corrected chi connectivity index (χ1v) is 17.6. The first kappa shape index (κ1) is 32.0. The second-order valence-corrected chi connectivity index (χ2v) is 17.1. The van der Waals surface area contributed by atoms with Gasteiger partial charge >= 0.3 is 0 Å². The average Bonchev–Trinajstić information content (AvgIpc) is 3.24. The smallest absolute Gasteiger partial charge is 0.260 e. The van der Waals surface area contributed by atoms with E-state index < -0.39 is 27.5 Å². The van der Waals surface area contributed by atoms with Crippen LogP contribution in [0.1, 0.15) is 75.3 Å². The molecule has 0 bridgehead atoms. The Balaban J connectivity index is 1.66. The summed E-state index contributed by atoms with van der Waals surface area (Å²) in [6.45, 7) is 13.5. The number of aromatic nitrogens is 1. The molecule has 0 spiro atoms. The molecule has 2 atom stereocenters. The van der Waals surface area contributed by atoms with Crippen molar-refractivity contribution in [1.29, 1.82) is 0 Å². The lowest BCUT2D eigenvalue weighted by molar-refractivity contribution is 0.527. The molecular formula is C37H41F2N3O3S. The van der Waals surface area contributed by atoms with Gasteiger partial charge in [0.05, 0.1) is 28.7 Å². The Morgan fingerprint density at radius 3 is 2.20 bits per heavy atom. The van der Waals surface area contributed by atoms with Crippen molar-refractivity contribution < 1.29 is 17.2 Å². The van der Waals surface area contributed by atoms with Crippen molar-refractivity contribution in [2.45, 2.75) is 64.3 Å². The van der Waals surface area contributed by atoms with Crippen LogP contribution in [0.5, 0.6) is 0 Å². The summed E-state index contributed by atoms with van der Waals surface area (Å²) in [5.74, 6) is -1.86. The van der Waals surface area contributed by atoms with Gasteiger partial charge in [-0.25, -0.2) is 17.2 Å². The number of hydrogen-bond acceptors (Lipinski definition) is 5. The summed E-state index contributed by atoms with van der Waals surface area (Å²) < 4.78 is 56.6. The number of sulfone groups is 1. The van der Waals surface area contributed by atoms with Crippen molar-refractivity contribution in [3.8, 4) is 0 Å². The lowest BCUT2D eigenvalue weighted by Crippen LogP contribution is -2.45. The molecule has 2 aliphatic heterocycles. The number of anilines is 1. The highest BCUT2D eigenvalue weighted by Gasteiger charge is 2.45. The van der Waals surface area contributed by atoms with Gasteiger partial charge in [-0.05, 0) is 68.5 Å². The van der Waals surface area contributed by atoms with Crippen LogP contribution < -0.4 is 15.8 Å². The maximum Gasteiger partial charge on any atom is 0.260 e. The van der Waals surface area contributed by atoms with Gasteiger partial charge in [0, 0.05) is 49.8 Å². The Morgan fingerprint density at radius 2 is 1.61 bits per heavy atom. The Morgan fingerprint density at radius 1 is 0.957 bits per heavy atom. The molecule has 2 unspecified atom stereocenters. The summed E-state index contributed by atoms with van der Waals surface area (Å²) in [6, 6.07) is 11.6. The number of fused-ring (bicyclic) bond motifs is 2. The SMILES string of the molecule is Cn1ccc2c(c1=O)C1=C3C(=CN(c4ccc(F)cc4F)C3C(c3cc(C(C)(C)C)cc(C(C)(C)C)c3)CN1)C=C2CS(C)(=O)=O. The molecule has 0 amide bonds. The highest BCUT2D eigenvalue weighted by Crippen LogP contribution is 2.49. The van der Waals surface area contributed by atoms with Crippen molar-refractivity contribution in [2.75, 3.05) is 23.5 Å². The monoisotopic (exact) mass is 645 g/mol. The van der Waals surface area contributed by atoms with Crippen molar-refractivity contribution in [1.82, 2.24) is 9.88 Å². The fourth-order valence-corrected chi connectivity index (χ4v) is 7.60. The first-order chi connectivity index (χ1) is 21.3. The number of nitrogens with one attached hydrogen (secondary N) is 1. The predicted octanol–water partition coefficient (Wildman–Crippen LogP) is 6.57. The second kappa shape index (κ2) is 10.8. The predicted molar refractivity (Wildman–Crippen MR) is 182 cm³/mol. The number of benzene rings is 2. The molecule has 242 valence electrons. The third-order valence-corrected chi connectivity index (χ3v) is 10.1. The molecule has 3 aromatic rings. The van der Waals surface area contributed by atoms with Crippen LogP contribution in [-0.4, -0.2) is 37.6 Å². The summed E-state index contributed by atoms with van der Waals surface area (Å²) in [4.78, 5) is 15.7. The molecule has 1 aromatic heterocycles. The van der Waals surface area contributed by atoms with Crippen LogP contribution in [0.4, 0.5) is 14.5 Å². The highest BCUT2D eigenvalue weighted by molar-refractivity contribution is 7.91. The van der Waals surface area contributed by atoms with E-state index in [0.717, 1.165) is 17.2 Å². The molecule has 0 saturated heterocycles. The van der Waals surface area contributed by atoms with Crippen LogP contribution in [0.3, 0.4) is 0 Å². The maximum atomic E-state index is 15.6.